The number of benzene rings is 1. The van der Waals surface area contributed by atoms with Crippen LogP contribution in [0.25, 0.3) is 11.1 Å². The van der Waals surface area contributed by atoms with E-state index >= 15 is 0 Å². The van der Waals surface area contributed by atoms with Crippen LogP contribution in [0.3, 0.4) is 0 Å². The van der Waals surface area contributed by atoms with Gasteiger partial charge in [0.15, 0.2) is 5.58 Å². The van der Waals surface area contributed by atoms with Crippen LogP contribution in [0.5, 0.6) is 0 Å². The van der Waals surface area contributed by atoms with Crippen molar-refractivity contribution >= 4 is 22.7 Å². The van der Waals surface area contributed by atoms with E-state index in [9.17, 15) is 19.7 Å². The van der Waals surface area contributed by atoms with E-state index in [0.717, 1.165) is 19.4 Å². The van der Waals surface area contributed by atoms with Crippen molar-refractivity contribution in [1.82, 2.24) is 14.8 Å². The first-order valence-electron chi connectivity index (χ1n) is 8.72. The maximum Gasteiger partial charge on any atom is 0.419 e. The molecule has 1 aromatic heterocycles. The highest BCUT2D eigenvalue weighted by molar-refractivity contribution is 5.77. The molecule has 2 aromatic rings. The number of nitro benzene ring substituents is 1. The number of nitrogens with zero attached hydrogens (tertiary/aromatic N) is 3. The minimum absolute atomic E-state index is 0.0847. The molecule has 1 fully saturated rings. The molecule has 1 saturated heterocycles. The molecule has 0 radical (unpaired) electrons. The molecular formula is C17H22N4O5. The third-order valence-corrected chi connectivity index (χ3v) is 4.82. The second-order valence-electron chi connectivity index (χ2n) is 6.50. The van der Waals surface area contributed by atoms with E-state index < -0.39 is 10.7 Å². The Bertz CT molecular complexity index is 872. The molecular weight excluding hydrogens is 340 g/mol. The van der Waals surface area contributed by atoms with E-state index in [1.54, 1.807) is 0 Å². The summed E-state index contributed by atoms with van der Waals surface area (Å²) in [5.41, 5.74) is 0.558. The van der Waals surface area contributed by atoms with E-state index in [1.807, 2.05) is 11.9 Å². The Hall–Kier alpha value is -2.68. The number of fused-ring (bicyclic) bond motifs is 1. The Morgan fingerprint density at radius 1 is 1.46 bits per heavy atom. The third kappa shape index (κ3) is 3.77. The number of piperidine rings is 1. The molecule has 1 aromatic carbocycles. The fourth-order valence-corrected chi connectivity index (χ4v) is 3.37. The molecule has 1 aliphatic heterocycles. The third-order valence-electron chi connectivity index (χ3n) is 4.82. The Labute approximate surface area is 149 Å². The number of nitrogens with one attached hydrogen (secondary N) is 1. The second kappa shape index (κ2) is 7.69. The molecule has 9 heteroatoms. The molecule has 0 saturated carbocycles. The van der Waals surface area contributed by atoms with Gasteiger partial charge < -0.3 is 14.6 Å². The van der Waals surface area contributed by atoms with Crippen LogP contribution in [0.1, 0.15) is 25.7 Å². The minimum Gasteiger partial charge on any atom is -0.407 e. The zero-order valence-electron chi connectivity index (χ0n) is 14.6. The van der Waals surface area contributed by atoms with Crippen molar-refractivity contribution < 1.29 is 14.1 Å². The zero-order valence-corrected chi connectivity index (χ0v) is 14.6. The number of nitro groups is 1. The highest BCUT2D eigenvalue weighted by atomic mass is 16.6. The average molecular weight is 362 g/mol. The lowest BCUT2D eigenvalue weighted by molar-refractivity contribution is -0.384. The number of likely N-dealkylation sites (tertiary alicyclic amines) is 1. The van der Waals surface area contributed by atoms with Crippen LogP contribution in [-0.4, -0.2) is 46.5 Å². The van der Waals surface area contributed by atoms with Crippen LogP contribution < -0.4 is 11.1 Å². The van der Waals surface area contributed by atoms with Gasteiger partial charge in [0.1, 0.15) is 0 Å². The van der Waals surface area contributed by atoms with Gasteiger partial charge >= 0.3 is 5.76 Å². The van der Waals surface area contributed by atoms with Gasteiger partial charge in [0.25, 0.3) is 5.69 Å². The van der Waals surface area contributed by atoms with Crippen LogP contribution in [0, 0.1) is 10.1 Å². The summed E-state index contributed by atoms with van der Waals surface area (Å²) >= 11 is 0. The maximum absolute atomic E-state index is 12.4. The van der Waals surface area contributed by atoms with Crippen molar-refractivity contribution in [2.24, 2.45) is 0 Å². The first-order valence-corrected chi connectivity index (χ1v) is 8.72. The van der Waals surface area contributed by atoms with Crippen LogP contribution in [-0.2, 0) is 11.3 Å². The standard InChI is InChI=1S/C17H22N4O5/c1-18-12-4-2-8-19(11-12)16(22)5-3-9-20-14-7-6-13(21(24)25)10-15(14)26-17(20)23/h6-7,10,12,18H,2-5,8-9,11H2,1H3. The molecule has 0 aliphatic carbocycles. The number of non-ortho nitro benzene ring substituents is 1. The lowest BCUT2D eigenvalue weighted by Crippen LogP contribution is -2.46. The fraction of sp³-hybridized carbons (Fsp3) is 0.529. The van der Waals surface area contributed by atoms with Gasteiger partial charge in [-0.05, 0) is 32.4 Å². The highest BCUT2D eigenvalue weighted by Crippen LogP contribution is 2.20. The molecule has 1 amide bonds. The van der Waals surface area contributed by atoms with E-state index in [0.29, 0.717) is 37.5 Å². The molecule has 1 unspecified atom stereocenters. The normalized spacial score (nSPS) is 17.6. The van der Waals surface area contributed by atoms with Gasteiger partial charge in [-0.3, -0.25) is 19.5 Å². The van der Waals surface area contributed by atoms with E-state index in [-0.39, 0.29) is 17.2 Å². The van der Waals surface area contributed by atoms with Crippen molar-refractivity contribution in [3.05, 3.63) is 38.9 Å². The number of aryl methyl sites for hydroxylation is 1. The highest BCUT2D eigenvalue weighted by Gasteiger charge is 2.22. The molecule has 140 valence electrons. The maximum atomic E-state index is 12.4. The Morgan fingerprint density at radius 3 is 3.00 bits per heavy atom. The van der Waals surface area contributed by atoms with Gasteiger partial charge in [0, 0.05) is 38.2 Å². The molecule has 2 heterocycles. The predicted octanol–water partition coefficient (Wildman–Crippen LogP) is 1.49. The van der Waals surface area contributed by atoms with Gasteiger partial charge in [-0.1, -0.05) is 0 Å². The molecule has 1 aliphatic rings. The van der Waals surface area contributed by atoms with Gasteiger partial charge in [0.2, 0.25) is 5.91 Å². The summed E-state index contributed by atoms with van der Waals surface area (Å²) in [6, 6.07) is 4.42. The SMILES string of the molecule is CNC1CCCN(C(=O)CCCn2c(=O)oc3cc([N+](=O)[O-])ccc32)C1. The molecule has 0 spiro atoms. The number of carbonyl (C=O) groups excluding carboxylic acids is 1. The van der Waals surface area contributed by atoms with Crippen LogP contribution in [0.2, 0.25) is 0 Å². The zero-order chi connectivity index (χ0) is 18.7. The van der Waals surface area contributed by atoms with Gasteiger partial charge in [0.05, 0.1) is 16.5 Å². The van der Waals surface area contributed by atoms with Gasteiger partial charge in [-0.15, -0.1) is 0 Å². The summed E-state index contributed by atoms with van der Waals surface area (Å²) < 4.78 is 6.51. The van der Waals surface area contributed by atoms with Crippen molar-refractivity contribution in [3.8, 4) is 0 Å². The number of hydrogen-bond donors (Lipinski definition) is 1. The van der Waals surface area contributed by atoms with E-state index in [1.165, 1.54) is 22.8 Å². The lowest BCUT2D eigenvalue weighted by atomic mass is 10.1. The Kier molecular flexibility index (Phi) is 5.36. The Morgan fingerprint density at radius 2 is 2.27 bits per heavy atom. The van der Waals surface area contributed by atoms with Crippen LogP contribution >= 0.6 is 0 Å². The van der Waals surface area contributed by atoms with Crippen molar-refractivity contribution in [3.63, 3.8) is 0 Å². The monoisotopic (exact) mass is 362 g/mol. The van der Waals surface area contributed by atoms with Crippen LogP contribution in [0.4, 0.5) is 5.69 Å². The summed E-state index contributed by atoms with van der Waals surface area (Å²) in [6.07, 6.45) is 2.91. The summed E-state index contributed by atoms with van der Waals surface area (Å²) in [4.78, 5) is 36.5. The molecule has 1 atom stereocenters. The first kappa shape index (κ1) is 18.1. The topological polar surface area (TPSA) is 111 Å². The number of hydrogen-bond acceptors (Lipinski definition) is 6. The quantitative estimate of drug-likeness (QED) is 0.616. The number of likely N-dealkylation sites (N-methyl/N-ethyl adjacent to an activating group) is 1. The number of carbonyl (C=O) groups is 1. The number of aromatic nitrogens is 1. The average Bonchev–Trinajstić information content (AvgIpc) is 2.96. The predicted molar refractivity (Wildman–Crippen MR) is 95.0 cm³/mol. The first-order chi connectivity index (χ1) is 12.5. The Balaban J connectivity index is 1.63. The summed E-state index contributed by atoms with van der Waals surface area (Å²) in [6.45, 7) is 1.82. The minimum atomic E-state index is -0.568. The fourth-order valence-electron chi connectivity index (χ4n) is 3.37. The molecule has 26 heavy (non-hydrogen) atoms. The number of amides is 1. The van der Waals surface area contributed by atoms with Crippen LogP contribution in [0.15, 0.2) is 27.4 Å². The van der Waals surface area contributed by atoms with E-state index in [2.05, 4.69) is 5.32 Å². The van der Waals surface area contributed by atoms with E-state index in [4.69, 9.17) is 4.42 Å². The molecule has 3 rings (SSSR count). The van der Waals surface area contributed by atoms with Crippen molar-refractivity contribution in [1.29, 1.82) is 0 Å². The number of rotatable bonds is 6. The molecule has 0 bridgehead atoms. The summed E-state index contributed by atoms with van der Waals surface area (Å²) in [5.74, 6) is -0.484. The largest absolute Gasteiger partial charge is 0.419 e. The van der Waals surface area contributed by atoms with Crippen molar-refractivity contribution in [2.75, 3.05) is 20.1 Å². The molecule has 1 N–H and O–H groups in total. The second-order valence-corrected chi connectivity index (χ2v) is 6.50. The van der Waals surface area contributed by atoms with Gasteiger partial charge in [-0.2, -0.15) is 0 Å². The van der Waals surface area contributed by atoms with Gasteiger partial charge in [-0.25, -0.2) is 4.79 Å². The summed E-state index contributed by atoms with van der Waals surface area (Å²) in [7, 11) is 1.90. The number of oxazole rings is 1. The summed E-state index contributed by atoms with van der Waals surface area (Å²) in [5, 5.41) is 14.0. The molecule has 9 nitrogen and oxygen atoms in total. The van der Waals surface area contributed by atoms with Crippen molar-refractivity contribution in [2.45, 2.75) is 38.3 Å². The lowest BCUT2D eigenvalue weighted by Gasteiger charge is -2.32. The smallest absolute Gasteiger partial charge is 0.407 e.